The molecule has 0 unspecified atom stereocenters. The van der Waals surface area contributed by atoms with Crippen molar-refractivity contribution in [2.24, 2.45) is 0 Å². The molecular formula is C23H24N6O. The van der Waals surface area contributed by atoms with Crippen LogP contribution < -0.4 is 5.32 Å². The number of likely N-dealkylation sites (tertiary alicyclic amines) is 1. The lowest BCUT2D eigenvalue weighted by Gasteiger charge is -2.16. The van der Waals surface area contributed by atoms with Crippen LogP contribution >= 0.6 is 0 Å². The topological polar surface area (TPSA) is 86.8 Å². The first-order valence-electron chi connectivity index (χ1n) is 10.4. The molecule has 1 aromatic carbocycles. The van der Waals surface area contributed by atoms with Gasteiger partial charge in [0.05, 0.1) is 16.6 Å². The molecule has 4 heterocycles. The number of hydrogen-bond acceptors (Lipinski definition) is 6. The highest BCUT2D eigenvalue weighted by molar-refractivity contribution is 6.12. The van der Waals surface area contributed by atoms with Gasteiger partial charge < -0.3 is 15.2 Å². The maximum absolute atomic E-state index is 12.5. The van der Waals surface area contributed by atoms with Crippen molar-refractivity contribution in [3.63, 3.8) is 0 Å². The number of carbonyl (C=O) groups is 1. The third-order valence-electron chi connectivity index (χ3n) is 5.67. The second-order valence-electron chi connectivity index (χ2n) is 7.72. The largest absolute Gasteiger partial charge is 0.368 e. The zero-order valence-corrected chi connectivity index (χ0v) is 17.0. The molecule has 2 N–H and O–H groups in total. The third-order valence-corrected chi connectivity index (χ3v) is 5.67. The van der Waals surface area contributed by atoms with Gasteiger partial charge in [0.1, 0.15) is 5.82 Å². The van der Waals surface area contributed by atoms with E-state index in [1.807, 2.05) is 36.4 Å². The van der Waals surface area contributed by atoms with Crippen molar-refractivity contribution in [1.29, 1.82) is 0 Å². The van der Waals surface area contributed by atoms with Gasteiger partial charge in [0.25, 0.3) is 0 Å². The highest BCUT2D eigenvalue weighted by Crippen LogP contribution is 2.31. The molecular weight excluding hydrogens is 376 g/mol. The number of rotatable bonds is 6. The maximum atomic E-state index is 12.5. The fourth-order valence-electron chi connectivity index (χ4n) is 4.22. The molecule has 0 aliphatic carbocycles. The Kier molecular flexibility index (Phi) is 4.88. The van der Waals surface area contributed by atoms with E-state index in [9.17, 15) is 4.79 Å². The van der Waals surface area contributed by atoms with Crippen molar-refractivity contribution >= 4 is 33.5 Å². The fourth-order valence-corrected chi connectivity index (χ4v) is 4.22. The number of ketones is 1. The first-order valence-corrected chi connectivity index (χ1v) is 10.4. The molecule has 1 aliphatic heterocycles. The van der Waals surface area contributed by atoms with Gasteiger partial charge in [-0.15, -0.1) is 0 Å². The Balaban J connectivity index is 1.57. The van der Waals surface area contributed by atoms with Crippen LogP contribution in [0.4, 0.5) is 5.82 Å². The molecule has 7 nitrogen and oxygen atoms in total. The van der Waals surface area contributed by atoms with Gasteiger partial charge in [0.15, 0.2) is 17.3 Å². The lowest BCUT2D eigenvalue weighted by atomic mass is 10.1. The number of anilines is 1. The van der Waals surface area contributed by atoms with Gasteiger partial charge in [0, 0.05) is 30.2 Å². The van der Waals surface area contributed by atoms with Crippen molar-refractivity contribution in [2.45, 2.75) is 19.8 Å². The van der Waals surface area contributed by atoms with E-state index in [0.717, 1.165) is 48.3 Å². The quantitative estimate of drug-likeness (QED) is 0.478. The molecule has 152 valence electrons. The second-order valence-corrected chi connectivity index (χ2v) is 7.72. The van der Waals surface area contributed by atoms with E-state index in [1.54, 1.807) is 13.1 Å². The number of pyridine rings is 1. The van der Waals surface area contributed by atoms with Crippen molar-refractivity contribution in [1.82, 2.24) is 24.8 Å². The summed E-state index contributed by atoms with van der Waals surface area (Å²) < 4.78 is 0. The van der Waals surface area contributed by atoms with Gasteiger partial charge in [0.2, 0.25) is 0 Å². The van der Waals surface area contributed by atoms with E-state index < -0.39 is 0 Å². The van der Waals surface area contributed by atoms with Gasteiger partial charge >= 0.3 is 0 Å². The molecule has 4 aromatic rings. The monoisotopic (exact) mass is 400 g/mol. The molecule has 0 amide bonds. The molecule has 1 saturated heterocycles. The standard InChI is InChI=1S/C23H24N6O/c1-15(30)19-16-7-2-3-9-18(16)26-20(19)23-27-21-17(8-6-10-24-21)22(28-23)25-11-14-29-12-4-5-13-29/h2-3,6-10,26H,4-5,11-14H2,1H3,(H,24,25,27,28). The highest BCUT2D eigenvalue weighted by atomic mass is 16.1. The highest BCUT2D eigenvalue weighted by Gasteiger charge is 2.20. The summed E-state index contributed by atoms with van der Waals surface area (Å²) >= 11 is 0. The van der Waals surface area contributed by atoms with Crippen LogP contribution in [0.15, 0.2) is 42.6 Å². The first-order chi connectivity index (χ1) is 14.7. The van der Waals surface area contributed by atoms with Gasteiger partial charge in [-0.05, 0) is 51.1 Å². The Morgan fingerprint density at radius 3 is 2.73 bits per heavy atom. The summed E-state index contributed by atoms with van der Waals surface area (Å²) in [6, 6.07) is 11.6. The average Bonchev–Trinajstić information content (AvgIpc) is 3.41. The zero-order valence-electron chi connectivity index (χ0n) is 17.0. The number of carbonyl (C=O) groups excluding carboxylic acids is 1. The summed E-state index contributed by atoms with van der Waals surface area (Å²) in [5.41, 5.74) is 2.76. The van der Waals surface area contributed by atoms with E-state index in [2.05, 4.69) is 25.2 Å². The number of hydrogen-bond donors (Lipinski definition) is 2. The van der Waals surface area contributed by atoms with E-state index in [-0.39, 0.29) is 5.78 Å². The number of para-hydroxylation sites is 1. The van der Waals surface area contributed by atoms with E-state index >= 15 is 0 Å². The molecule has 1 fully saturated rings. The number of Topliss-reactive ketones (excluding diaryl/α,β-unsaturated/α-hetero) is 1. The van der Waals surface area contributed by atoms with Gasteiger partial charge in [-0.2, -0.15) is 0 Å². The predicted molar refractivity (Wildman–Crippen MR) is 119 cm³/mol. The second kappa shape index (κ2) is 7.84. The van der Waals surface area contributed by atoms with Crippen molar-refractivity contribution in [3.05, 3.63) is 48.2 Å². The molecule has 30 heavy (non-hydrogen) atoms. The third kappa shape index (κ3) is 3.41. The van der Waals surface area contributed by atoms with Gasteiger partial charge in [-0.25, -0.2) is 15.0 Å². The minimum atomic E-state index is -0.0179. The molecule has 0 saturated carbocycles. The summed E-state index contributed by atoms with van der Waals surface area (Å²) in [5.74, 6) is 1.21. The van der Waals surface area contributed by atoms with Crippen molar-refractivity contribution in [3.8, 4) is 11.5 Å². The van der Waals surface area contributed by atoms with Crippen LogP contribution in [0.25, 0.3) is 33.5 Å². The molecule has 0 radical (unpaired) electrons. The lowest BCUT2D eigenvalue weighted by molar-refractivity contribution is 0.102. The van der Waals surface area contributed by atoms with E-state index in [4.69, 9.17) is 4.98 Å². The Labute approximate surface area is 174 Å². The summed E-state index contributed by atoms with van der Waals surface area (Å²) in [7, 11) is 0. The summed E-state index contributed by atoms with van der Waals surface area (Å²) in [4.78, 5) is 32.2. The predicted octanol–water partition coefficient (Wildman–Crippen LogP) is 3.88. The minimum absolute atomic E-state index is 0.0179. The molecule has 0 spiro atoms. The van der Waals surface area contributed by atoms with E-state index in [0.29, 0.717) is 22.7 Å². The number of nitrogens with zero attached hydrogens (tertiary/aromatic N) is 4. The number of H-pyrrole nitrogens is 1. The normalized spacial score (nSPS) is 14.6. The minimum Gasteiger partial charge on any atom is -0.368 e. The fraction of sp³-hybridized carbons (Fsp3) is 0.304. The van der Waals surface area contributed by atoms with Crippen LogP contribution in [0.1, 0.15) is 30.1 Å². The number of aromatic nitrogens is 4. The molecule has 5 rings (SSSR count). The van der Waals surface area contributed by atoms with Crippen LogP contribution in [-0.2, 0) is 0 Å². The first kappa shape index (κ1) is 18.7. The maximum Gasteiger partial charge on any atom is 0.180 e. The average molecular weight is 400 g/mol. The molecule has 3 aromatic heterocycles. The smallest absolute Gasteiger partial charge is 0.180 e. The van der Waals surface area contributed by atoms with Gasteiger partial charge in [-0.1, -0.05) is 18.2 Å². The SMILES string of the molecule is CC(=O)c1c(-c2nc(NCCN3CCCC3)c3cccnc3n2)[nH]c2ccccc12. The van der Waals surface area contributed by atoms with Crippen molar-refractivity contribution in [2.75, 3.05) is 31.5 Å². The Morgan fingerprint density at radius 2 is 1.90 bits per heavy atom. The van der Waals surface area contributed by atoms with Crippen LogP contribution in [0.5, 0.6) is 0 Å². The van der Waals surface area contributed by atoms with Crippen LogP contribution in [0.2, 0.25) is 0 Å². The molecule has 0 bridgehead atoms. The number of benzene rings is 1. The molecule has 0 atom stereocenters. The van der Waals surface area contributed by atoms with Crippen LogP contribution in [-0.4, -0.2) is 56.8 Å². The summed E-state index contributed by atoms with van der Waals surface area (Å²) in [5, 5.41) is 5.24. The van der Waals surface area contributed by atoms with Crippen LogP contribution in [0, 0.1) is 0 Å². The number of nitrogens with one attached hydrogen (secondary N) is 2. The Bertz CT molecular complexity index is 1230. The van der Waals surface area contributed by atoms with Gasteiger partial charge in [-0.3, -0.25) is 4.79 Å². The summed E-state index contributed by atoms with van der Waals surface area (Å²) in [6.07, 6.45) is 4.28. The Hall–Kier alpha value is -3.32. The Morgan fingerprint density at radius 1 is 1.10 bits per heavy atom. The number of fused-ring (bicyclic) bond motifs is 2. The molecule has 7 heteroatoms. The zero-order chi connectivity index (χ0) is 20.5. The van der Waals surface area contributed by atoms with Crippen LogP contribution in [0.3, 0.4) is 0 Å². The number of aromatic amines is 1. The lowest BCUT2D eigenvalue weighted by Crippen LogP contribution is -2.26. The van der Waals surface area contributed by atoms with E-state index in [1.165, 1.54) is 12.8 Å². The van der Waals surface area contributed by atoms with Crippen molar-refractivity contribution < 1.29 is 4.79 Å². The molecule has 1 aliphatic rings. The summed E-state index contributed by atoms with van der Waals surface area (Å²) in [6.45, 7) is 5.68.